The van der Waals surface area contributed by atoms with Crippen LogP contribution >= 0.6 is 0 Å². The minimum atomic E-state index is -1.33. The van der Waals surface area contributed by atoms with Crippen molar-refractivity contribution < 1.29 is 18.4 Å². The summed E-state index contributed by atoms with van der Waals surface area (Å²) < 4.78 is 31.1. The molecule has 38 heavy (non-hydrogen) atoms. The Morgan fingerprint density at radius 2 is 1.79 bits per heavy atom. The summed E-state index contributed by atoms with van der Waals surface area (Å²) in [6, 6.07) is 18.1. The number of hydrogen-bond donors (Lipinski definition) is 1. The summed E-state index contributed by atoms with van der Waals surface area (Å²) in [6.07, 6.45) is 0.121. The maximum Gasteiger partial charge on any atom is 0.243 e. The van der Waals surface area contributed by atoms with Gasteiger partial charge in [0.2, 0.25) is 17.8 Å². The van der Waals surface area contributed by atoms with Crippen LogP contribution in [0.4, 0.5) is 8.78 Å². The van der Waals surface area contributed by atoms with Crippen LogP contribution in [0, 0.1) is 5.95 Å². The second-order valence-corrected chi connectivity index (χ2v) is 9.88. The van der Waals surface area contributed by atoms with Crippen LogP contribution in [0.2, 0.25) is 0 Å². The molecule has 0 radical (unpaired) electrons. The van der Waals surface area contributed by atoms with Crippen LogP contribution in [0.5, 0.6) is 0 Å². The summed E-state index contributed by atoms with van der Waals surface area (Å²) in [4.78, 5) is 36.5. The van der Waals surface area contributed by atoms with Gasteiger partial charge in [0.05, 0.1) is 35.6 Å². The van der Waals surface area contributed by atoms with Gasteiger partial charge in [0.15, 0.2) is 0 Å². The van der Waals surface area contributed by atoms with Gasteiger partial charge in [-0.1, -0.05) is 62.4 Å². The van der Waals surface area contributed by atoms with Gasteiger partial charge in [-0.3, -0.25) is 9.59 Å². The molecule has 1 aliphatic rings. The number of benzene rings is 2. The molecular weight excluding hydrogens is 488 g/mol. The summed E-state index contributed by atoms with van der Waals surface area (Å²) in [5, 5.41) is 2.91. The molecule has 3 atom stereocenters. The highest BCUT2D eigenvalue weighted by molar-refractivity contribution is 5.89. The summed E-state index contributed by atoms with van der Waals surface area (Å²) in [5.41, 5.74) is 3.02. The van der Waals surface area contributed by atoms with Crippen molar-refractivity contribution in [3.8, 4) is 0 Å². The van der Waals surface area contributed by atoms with Gasteiger partial charge in [0.25, 0.3) is 0 Å². The third-order valence-corrected chi connectivity index (χ3v) is 6.94. The Kier molecular flexibility index (Phi) is 7.18. The van der Waals surface area contributed by atoms with Crippen molar-refractivity contribution in [3.05, 3.63) is 95.8 Å². The predicted octanol–water partition coefficient (Wildman–Crippen LogP) is 4.54. The van der Waals surface area contributed by atoms with E-state index >= 15 is 0 Å². The molecule has 4 aromatic rings. The molecule has 1 saturated heterocycles. The molecule has 2 aromatic carbocycles. The van der Waals surface area contributed by atoms with Crippen LogP contribution in [0.25, 0.3) is 11.0 Å². The zero-order valence-electron chi connectivity index (χ0n) is 21.2. The normalized spacial score (nSPS) is 18.2. The Balaban J connectivity index is 1.39. The molecule has 7 nitrogen and oxygen atoms in total. The van der Waals surface area contributed by atoms with E-state index in [2.05, 4.69) is 15.3 Å². The number of aromatic nitrogens is 3. The number of hydrogen-bond acceptors (Lipinski definition) is 4. The van der Waals surface area contributed by atoms with E-state index in [1.807, 2.05) is 56.3 Å². The first-order chi connectivity index (χ1) is 18.3. The van der Waals surface area contributed by atoms with E-state index in [4.69, 9.17) is 0 Å². The number of likely N-dealkylation sites (tertiary alicyclic amines) is 1. The Labute approximate surface area is 219 Å². The predicted molar refractivity (Wildman–Crippen MR) is 139 cm³/mol. The molecule has 1 N–H and O–H groups in total. The van der Waals surface area contributed by atoms with Gasteiger partial charge in [0.1, 0.15) is 18.8 Å². The van der Waals surface area contributed by atoms with E-state index in [0.29, 0.717) is 16.8 Å². The van der Waals surface area contributed by atoms with Gasteiger partial charge < -0.3 is 14.8 Å². The minimum absolute atomic E-state index is 0.0477. The highest BCUT2D eigenvalue weighted by Crippen LogP contribution is 2.27. The number of amides is 2. The summed E-state index contributed by atoms with van der Waals surface area (Å²) in [6.45, 7) is 3.52. The van der Waals surface area contributed by atoms with Crippen molar-refractivity contribution in [2.24, 2.45) is 0 Å². The molecule has 0 aliphatic carbocycles. The van der Waals surface area contributed by atoms with E-state index in [1.54, 1.807) is 35.2 Å². The molecule has 2 aromatic heterocycles. The van der Waals surface area contributed by atoms with E-state index in [-0.39, 0.29) is 31.3 Å². The van der Waals surface area contributed by atoms with Crippen molar-refractivity contribution in [1.82, 2.24) is 24.8 Å². The zero-order chi connectivity index (χ0) is 26.8. The van der Waals surface area contributed by atoms with Gasteiger partial charge in [-0.05, 0) is 29.7 Å². The second-order valence-electron chi connectivity index (χ2n) is 9.88. The second kappa shape index (κ2) is 10.7. The Bertz CT molecular complexity index is 1460. The number of nitrogens with zero attached hydrogens (tertiary/aromatic N) is 4. The maximum absolute atomic E-state index is 14.8. The summed E-state index contributed by atoms with van der Waals surface area (Å²) >= 11 is 0. The fraction of sp³-hybridized carbons (Fsp3) is 0.310. The van der Waals surface area contributed by atoms with Gasteiger partial charge in [-0.2, -0.15) is 4.39 Å². The monoisotopic (exact) mass is 517 g/mol. The average molecular weight is 518 g/mol. The van der Waals surface area contributed by atoms with Crippen molar-refractivity contribution in [3.63, 3.8) is 0 Å². The third kappa shape index (κ3) is 5.14. The zero-order valence-corrected chi connectivity index (χ0v) is 21.2. The highest BCUT2D eigenvalue weighted by atomic mass is 19.1. The molecule has 0 unspecified atom stereocenters. The fourth-order valence-electron chi connectivity index (χ4n) is 4.94. The van der Waals surface area contributed by atoms with Crippen LogP contribution in [-0.2, 0) is 16.1 Å². The number of carbonyl (C=O) groups is 2. The lowest BCUT2D eigenvalue weighted by molar-refractivity contribution is -0.139. The molecule has 5 rings (SSSR count). The Morgan fingerprint density at radius 3 is 2.53 bits per heavy atom. The quantitative estimate of drug-likeness (QED) is 0.365. The first kappa shape index (κ1) is 25.5. The SMILES string of the molecule is CC(C)c1ccc([C@@H](NC(=O)[C@@H]2C[C@@H](F)CN2C(=O)Cn2cnc3ccccc32)c2ccccc2)nc1F. The van der Waals surface area contributed by atoms with Crippen molar-refractivity contribution in [1.29, 1.82) is 0 Å². The number of nitrogens with one attached hydrogen (secondary N) is 1. The van der Waals surface area contributed by atoms with E-state index < -0.39 is 30.1 Å². The lowest BCUT2D eigenvalue weighted by atomic mass is 9.99. The first-order valence-electron chi connectivity index (χ1n) is 12.7. The van der Waals surface area contributed by atoms with Crippen molar-refractivity contribution in [2.45, 2.75) is 51.0 Å². The number of alkyl halides is 1. The molecule has 0 saturated carbocycles. The first-order valence-corrected chi connectivity index (χ1v) is 12.7. The molecule has 196 valence electrons. The standard InChI is InChI=1S/C29H29F2N5O2/c1-18(2)21-12-13-23(33-28(21)31)27(19-8-4-3-5-9-19)34-29(38)25-14-20(30)15-36(25)26(37)16-35-17-32-22-10-6-7-11-24(22)35/h3-13,17-18,20,25,27H,14-16H2,1-2H3,(H,34,38)/t20-,25+,27+/m1/s1. The summed E-state index contributed by atoms with van der Waals surface area (Å²) in [7, 11) is 0. The molecular formula is C29H29F2N5O2. The number of carbonyl (C=O) groups excluding carboxylic acids is 2. The van der Waals surface area contributed by atoms with E-state index in [0.717, 1.165) is 11.0 Å². The topological polar surface area (TPSA) is 80.1 Å². The molecule has 0 bridgehead atoms. The molecule has 3 heterocycles. The van der Waals surface area contributed by atoms with Crippen LogP contribution in [0.15, 0.2) is 73.1 Å². The summed E-state index contributed by atoms with van der Waals surface area (Å²) in [5.74, 6) is -1.54. The van der Waals surface area contributed by atoms with Crippen LogP contribution in [-0.4, -0.2) is 50.0 Å². The van der Waals surface area contributed by atoms with Gasteiger partial charge in [-0.25, -0.2) is 14.4 Å². The fourth-order valence-corrected chi connectivity index (χ4v) is 4.94. The van der Waals surface area contributed by atoms with Gasteiger partial charge >= 0.3 is 0 Å². The smallest absolute Gasteiger partial charge is 0.243 e. The average Bonchev–Trinajstić information content (AvgIpc) is 3.51. The number of para-hydroxylation sites is 2. The Hall–Kier alpha value is -4.14. The Morgan fingerprint density at radius 1 is 1.05 bits per heavy atom. The molecule has 1 fully saturated rings. The molecule has 0 spiro atoms. The lowest BCUT2D eigenvalue weighted by Gasteiger charge is -2.27. The van der Waals surface area contributed by atoms with Crippen LogP contribution < -0.4 is 5.32 Å². The number of rotatable bonds is 7. The van der Waals surface area contributed by atoms with E-state index in [9.17, 15) is 18.4 Å². The molecule has 9 heteroatoms. The van der Waals surface area contributed by atoms with Crippen LogP contribution in [0.1, 0.15) is 49.0 Å². The van der Waals surface area contributed by atoms with Gasteiger partial charge in [-0.15, -0.1) is 0 Å². The molecule has 1 aliphatic heterocycles. The molecule has 2 amide bonds. The largest absolute Gasteiger partial charge is 0.342 e. The van der Waals surface area contributed by atoms with Crippen LogP contribution in [0.3, 0.4) is 0 Å². The number of pyridine rings is 1. The van der Waals surface area contributed by atoms with Crippen molar-refractivity contribution in [2.75, 3.05) is 6.54 Å². The minimum Gasteiger partial charge on any atom is -0.342 e. The van der Waals surface area contributed by atoms with Crippen molar-refractivity contribution >= 4 is 22.8 Å². The highest BCUT2D eigenvalue weighted by Gasteiger charge is 2.40. The number of imidazole rings is 1. The number of fused-ring (bicyclic) bond motifs is 1. The lowest BCUT2D eigenvalue weighted by Crippen LogP contribution is -2.48. The van der Waals surface area contributed by atoms with E-state index in [1.165, 1.54) is 4.90 Å². The maximum atomic E-state index is 14.8. The third-order valence-electron chi connectivity index (χ3n) is 6.94. The van der Waals surface area contributed by atoms with Gasteiger partial charge in [0, 0.05) is 12.0 Å². The number of halogens is 2.